The number of ether oxygens (including phenoxy) is 6. The van der Waals surface area contributed by atoms with E-state index >= 15 is 0 Å². The predicted molar refractivity (Wildman–Crippen MR) is 182 cm³/mol. The van der Waals surface area contributed by atoms with Crippen LogP contribution in [0, 0.1) is 20.2 Å². The van der Waals surface area contributed by atoms with Gasteiger partial charge in [0, 0.05) is 60.3 Å². The van der Waals surface area contributed by atoms with Crippen molar-refractivity contribution in [2.24, 2.45) is 0 Å². The molecule has 0 aliphatic carbocycles. The van der Waals surface area contributed by atoms with E-state index in [1.165, 1.54) is 18.2 Å². The summed E-state index contributed by atoms with van der Waals surface area (Å²) in [5, 5.41) is 22.2. The number of hydrogen-bond donors (Lipinski definition) is 2. The molecule has 4 aromatic carbocycles. The van der Waals surface area contributed by atoms with E-state index in [0.717, 1.165) is 48.5 Å². The van der Waals surface area contributed by atoms with Gasteiger partial charge in [0.15, 0.2) is 0 Å². The van der Waals surface area contributed by atoms with Crippen molar-refractivity contribution < 1.29 is 38.3 Å². The molecule has 4 aliphatic heterocycles. The molecule has 4 aromatic rings. The number of nitrogen functional groups attached to an aromatic ring is 2. The van der Waals surface area contributed by atoms with Crippen molar-refractivity contribution >= 4 is 22.7 Å². The molecule has 8 rings (SSSR count). The van der Waals surface area contributed by atoms with Crippen molar-refractivity contribution in [3.63, 3.8) is 0 Å². The number of rotatable bonds is 14. The summed E-state index contributed by atoms with van der Waals surface area (Å²) in [5.41, 5.74) is 17.6. The van der Waals surface area contributed by atoms with Gasteiger partial charge in [-0.2, -0.15) is 0 Å². The Hall–Kier alpha value is -5.28. The minimum atomic E-state index is -0.449. The highest BCUT2D eigenvalue weighted by atomic mass is 16.6. The predicted octanol–water partition coefficient (Wildman–Crippen LogP) is 5.70. The summed E-state index contributed by atoms with van der Waals surface area (Å²) in [5.74, 6) is 1.87. The van der Waals surface area contributed by atoms with Crippen LogP contribution in [0.4, 0.5) is 22.7 Å². The molecule has 4 unspecified atom stereocenters. The van der Waals surface area contributed by atoms with Crippen molar-refractivity contribution in [1.82, 2.24) is 0 Å². The molecule has 0 spiro atoms. The average Bonchev–Trinajstić information content (AvgIpc) is 3.90. The van der Waals surface area contributed by atoms with Crippen LogP contribution in [0.25, 0.3) is 0 Å². The Balaban J connectivity index is 0.000000157. The fourth-order valence-corrected chi connectivity index (χ4v) is 5.75. The van der Waals surface area contributed by atoms with E-state index in [0.29, 0.717) is 54.5 Å². The van der Waals surface area contributed by atoms with Gasteiger partial charge in [-0.05, 0) is 47.5 Å². The third-order valence-electron chi connectivity index (χ3n) is 8.72. The summed E-state index contributed by atoms with van der Waals surface area (Å²) < 4.78 is 33.3. The molecule has 4 N–H and O–H groups in total. The number of epoxide rings is 4. The van der Waals surface area contributed by atoms with E-state index in [1.54, 1.807) is 42.5 Å². The Morgan fingerprint density at radius 2 is 1.06 bits per heavy atom. The lowest BCUT2D eigenvalue weighted by Gasteiger charge is -2.16. The Bertz CT molecular complexity index is 1900. The summed E-state index contributed by atoms with van der Waals surface area (Å²) in [6.45, 7) is 2.91. The first kappa shape index (κ1) is 33.2. The third kappa shape index (κ3) is 8.47. The smallest absolute Gasteiger partial charge is 0.311 e. The van der Waals surface area contributed by atoms with Crippen LogP contribution in [0.2, 0.25) is 0 Å². The maximum atomic E-state index is 11.2. The Kier molecular flexibility index (Phi) is 9.50. The van der Waals surface area contributed by atoms with Crippen molar-refractivity contribution in [3.05, 3.63) is 115 Å². The van der Waals surface area contributed by atoms with Gasteiger partial charge in [0.05, 0.1) is 66.8 Å². The van der Waals surface area contributed by atoms with E-state index < -0.39 is 9.85 Å². The summed E-state index contributed by atoms with van der Waals surface area (Å²) in [6.07, 6.45) is 3.53. The molecule has 0 aromatic heterocycles. The Morgan fingerprint density at radius 1 is 0.580 bits per heavy atom. The van der Waals surface area contributed by atoms with Crippen molar-refractivity contribution in [3.8, 4) is 23.0 Å². The lowest BCUT2D eigenvalue weighted by Crippen LogP contribution is -2.08. The van der Waals surface area contributed by atoms with Crippen LogP contribution in [0.3, 0.4) is 0 Å². The quantitative estimate of drug-likeness (QED) is 0.0709. The Morgan fingerprint density at radius 3 is 1.54 bits per heavy atom. The molecule has 260 valence electrons. The number of benzene rings is 4. The van der Waals surface area contributed by atoms with Crippen molar-refractivity contribution in [2.75, 3.05) is 37.9 Å². The molecule has 14 heteroatoms. The number of anilines is 2. The third-order valence-corrected chi connectivity index (χ3v) is 8.72. The topological polar surface area (TPSA) is 207 Å². The van der Waals surface area contributed by atoms with E-state index in [-0.39, 0.29) is 41.5 Å². The van der Waals surface area contributed by atoms with Crippen LogP contribution in [0.5, 0.6) is 23.0 Å². The van der Waals surface area contributed by atoms with Gasteiger partial charge in [0.2, 0.25) is 5.75 Å². The largest absolute Gasteiger partial charge is 0.457 e. The molecule has 4 saturated heterocycles. The minimum absolute atomic E-state index is 0.00775. The first-order chi connectivity index (χ1) is 24.2. The van der Waals surface area contributed by atoms with Gasteiger partial charge in [-0.3, -0.25) is 20.2 Å². The zero-order valence-corrected chi connectivity index (χ0v) is 27.0. The number of para-hydroxylation sites is 2. The van der Waals surface area contributed by atoms with Gasteiger partial charge < -0.3 is 39.9 Å². The zero-order valence-electron chi connectivity index (χ0n) is 27.0. The monoisotopic (exact) mass is 684 g/mol. The number of nitrogens with zero attached hydrogens (tertiary/aromatic N) is 2. The molecule has 4 atom stereocenters. The second-order valence-corrected chi connectivity index (χ2v) is 12.5. The van der Waals surface area contributed by atoms with Gasteiger partial charge in [0.25, 0.3) is 5.69 Å². The highest BCUT2D eigenvalue weighted by Crippen LogP contribution is 2.39. The summed E-state index contributed by atoms with van der Waals surface area (Å²) in [7, 11) is 0. The first-order valence-electron chi connectivity index (χ1n) is 16.3. The Labute approximate surface area is 287 Å². The lowest BCUT2D eigenvalue weighted by molar-refractivity contribution is -0.385. The summed E-state index contributed by atoms with van der Waals surface area (Å²) in [6, 6.07) is 19.7. The molecule has 0 saturated carbocycles. The van der Waals surface area contributed by atoms with Crippen LogP contribution in [-0.4, -0.2) is 60.7 Å². The average molecular weight is 685 g/mol. The second-order valence-electron chi connectivity index (χ2n) is 12.5. The van der Waals surface area contributed by atoms with Crippen LogP contribution in [0.15, 0.2) is 72.8 Å². The molecule has 50 heavy (non-hydrogen) atoms. The van der Waals surface area contributed by atoms with Crippen LogP contribution in [-0.2, 0) is 44.6 Å². The van der Waals surface area contributed by atoms with Crippen LogP contribution in [0.1, 0.15) is 22.3 Å². The first-order valence-corrected chi connectivity index (χ1v) is 16.3. The SMILES string of the molecule is Nc1ccc(Oc2cccc([N+](=O)[O-])c2)c(CC2CO2)c1CC1CO1.Nc1ccc(Oc2ccccc2[N+](=O)[O-])c(CC2CO2)c1CC1CO1. The molecule has 0 bridgehead atoms. The van der Waals surface area contributed by atoms with Crippen LogP contribution < -0.4 is 20.9 Å². The van der Waals surface area contributed by atoms with E-state index in [4.69, 9.17) is 39.9 Å². The summed E-state index contributed by atoms with van der Waals surface area (Å²) in [4.78, 5) is 21.3. The number of nitro groups is 2. The standard InChI is InChI=1S/2C18H18N2O5/c19-17-4-5-18(25-12-3-1-2-11(6-12)20(21)22)16(8-14-10-24-14)15(17)7-13-9-23-13;19-15-5-6-17(25-18-4-2-1-3-16(18)20(21)22)14(8-12-10-24-12)13(15)7-11-9-23-11/h1-6,13-14H,7-10,19H2;1-6,11-12H,7-10,19H2. The normalized spacial score (nSPS) is 21.0. The lowest BCUT2D eigenvalue weighted by atomic mass is 9.96. The van der Waals surface area contributed by atoms with Gasteiger partial charge in [-0.25, -0.2) is 0 Å². The van der Waals surface area contributed by atoms with Gasteiger partial charge in [-0.1, -0.05) is 18.2 Å². The molecule has 0 radical (unpaired) electrons. The fourth-order valence-electron chi connectivity index (χ4n) is 5.75. The molecule has 14 nitrogen and oxygen atoms in total. The molecule has 4 heterocycles. The van der Waals surface area contributed by atoms with E-state index in [1.807, 2.05) is 12.1 Å². The van der Waals surface area contributed by atoms with E-state index in [2.05, 4.69) is 0 Å². The van der Waals surface area contributed by atoms with Gasteiger partial charge >= 0.3 is 5.69 Å². The fraction of sp³-hybridized carbons (Fsp3) is 0.333. The van der Waals surface area contributed by atoms with Gasteiger partial charge in [-0.15, -0.1) is 0 Å². The second kappa shape index (κ2) is 14.3. The minimum Gasteiger partial charge on any atom is -0.457 e. The summed E-state index contributed by atoms with van der Waals surface area (Å²) >= 11 is 0. The van der Waals surface area contributed by atoms with Crippen molar-refractivity contribution in [2.45, 2.75) is 50.1 Å². The highest BCUT2D eigenvalue weighted by Gasteiger charge is 2.32. The molecular formula is C36H36N4O10. The zero-order chi connectivity index (χ0) is 34.8. The molecule has 4 aliphatic rings. The number of hydrogen-bond acceptors (Lipinski definition) is 12. The molecule has 4 fully saturated rings. The van der Waals surface area contributed by atoms with Gasteiger partial charge in [0.1, 0.15) is 17.2 Å². The van der Waals surface area contributed by atoms with Crippen LogP contribution >= 0.6 is 0 Å². The number of nitrogens with two attached hydrogens (primary N) is 2. The maximum Gasteiger partial charge on any atom is 0.311 e. The number of non-ortho nitro benzene ring substituents is 1. The maximum absolute atomic E-state index is 11.2. The van der Waals surface area contributed by atoms with Crippen molar-refractivity contribution in [1.29, 1.82) is 0 Å². The number of nitro benzene ring substituents is 2. The highest BCUT2D eigenvalue weighted by molar-refractivity contribution is 5.60. The van der Waals surface area contributed by atoms with E-state index in [9.17, 15) is 20.2 Å². The molecule has 0 amide bonds. The molecular weight excluding hydrogens is 648 g/mol.